The molecule has 0 aliphatic heterocycles. The average molecular weight is 612 g/mol. The second-order valence-electron chi connectivity index (χ2n) is 9.16. The number of nitrogens with zero attached hydrogens (tertiary/aromatic N) is 3. The molecule has 38 heavy (non-hydrogen) atoms. The van der Waals surface area contributed by atoms with E-state index in [0.717, 1.165) is 39.2 Å². The highest BCUT2D eigenvalue weighted by Gasteiger charge is 2.43. The molecule has 1 N–H and O–H groups in total. The third-order valence-electron chi connectivity index (χ3n) is 7.15. The summed E-state index contributed by atoms with van der Waals surface area (Å²) in [5.74, 6) is -0.388. The maximum atomic E-state index is 12.6. The maximum Gasteiger partial charge on any atom is 0.356 e. The van der Waals surface area contributed by atoms with Gasteiger partial charge < -0.3 is 4.74 Å². The number of carbonyl (C=O) groups excluding carboxylic acids is 1. The van der Waals surface area contributed by atoms with Crippen LogP contribution in [0, 0.1) is 3.83 Å². The molecule has 3 aromatic carbocycles. The number of benzene rings is 3. The number of H-pyrrole nitrogens is 1. The number of hydrogen-bond acceptors (Lipinski definition) is 5. The summed E-state index contributed by atoms with van der Waals surface area (Å²) < 4.78 is 5.89. The fourth-order valence-corrected chi connectivity index (χ4v) is 6.08. The van der Waals surface area contributed by atoms with Crippen LogP contribution < -0.4 is 0 Å². The number of fused-ring (bicyclic) bond motifs is 3. The van der Waals surface area contributed by atoms with Crippen LogP contribution >= 0.6 is 22.6 Å². The van der Waals surface area contributed by atoms with Gasteiger partial charge in [-0.3, -0.25) is 5.10 Å². The van der Waals surface area contributed by atoms with Crippen LogP contribution in [-0.4, -0.2) is 32.7 Å². The molecule has 0 atom stereocenters. The zero-order valence-electron chi connectivity index (χ0n) is 20.8. The number of nitrogens with one attached hydrogen (secondary N) is 1. The van der Waals surface area contributed by atoms with Crippen LogP contribution in [0.5, 0.6) is 0 Å². The predicted octanol–water partition coefficient (Wildman–Crippen LogP) is 6.13. The van der Waals surface area contributed by atoms with Crippen molar-refractivity contribution < 1.29 is 9.53 Å². The van der Waals surface area contributed by atoms with Crippen LogP contribution in [0.3, 0.4) is 0 Å². The Bertz CT molecular complexity index is 1510. The Morgan fingerprint density at radius 1 is 0.816 bits per heavy atom. The van der Waals surface area contributed by atoms with E-state index in [-0.39, 0.29) is 5.97 Å². The monoisotopic (exact) mass is 612 g/mol. The Balaban J connectivity index is 1.69. The maximum absolute atomic E-state index is 12.6. The minimum atomic E-state index is -0.686. The predicted molar refractivity (Wildman–Crippen MR) is 154 cm³/mol. The molecule has 2 aromatic heterocycles. The number of aromatic amines is 1. The fourth-order valence-electron chi connectivity index (χ4n) is 5.60. The summed E-state index contributed by atoms with van der Waals surface area (Å²) in [6, 6.07) is 31.6. The molecule has 188 valence electrons. The van der Waals surface area contributed by atoms with Crippen LogP contribution in [0.4, 0.5) is 0 Å². The molecule has 1 aliphatic carbocycles. The van der Waals surface area contributed by atoms with Crippen molar-refractivity contribution in [2.24, 2.45) is 0 Å². The van der Waals surface area contributed by atoms with Crippen LogP contribution in [0.2, 0.25) is 0 Å². The van der Waals surface area contributed by atoms with Gasteiger partial charge in [-0.1, -0.05) is 91.0 Å². The number of hydrogen-bond donors (Lipinski definition) is 1. The van der Waals surface area contributed by atoms with Gasteiger partial charge in [0.1, 0.15) is 11.4 Å². The molecular formula is C31H25IN4O2. The number of carbonyl (C=O) groups is 1. The van der Waals surface area contributed by atoms with Crippen LogP contribution in [-0.2, 0) is 23.0 Å². The Kier molecular flexibility index (Phi) is 6.53. The van der Waals surface area contributed by atoms with Gasteiger partial charge in [-0.25, -0.2) is 14.8 Å². The van der Waals surface area contributed by atoms with E-state index < -0.39 is 5.41 Å². The molecule has 0 bridgehead atoms. The summed E-state index contributed by atoms with van der Waals surface area (Å²) >= 11 is 2.19. The number of aromatic nitrogens is 4. The van der Waals surface area contributed by atoms with Crippen molar-refractivity contribution in [1.82, 2.24) is 20.2 Å². The molecule has 1 aliphatic rings. The van der Waals surface area contributed by atoms with Gasteiger partial charge in [0.05, 0.1) is 23.4 Å². The molecular weight excluding hydrogens is 587 g/mol. The van der Waals surface area contributed by atoms with Crippen LogP contribution in [0.1, 0.15) is 50.9 Å². The first kappa shape index (κ1) is 24.5. The van der Waals surface area contributed by atoms with E-state index in [2.05, 4.69) is 106 Å². The molecule has 5 aromatic rings. The van der Waals surface area contributed by atoms with E-state index in [0.29, 0.717) is 34.7 Å². The molecule has 0 radical (unpaired) electrons. The molecule has 6 nitrogen and oxygen atoms in total. The lowest BCUT2D eigenvalue weighted by Gasteiger charge is -2.38. The van der Waals surface area contributed by atoms with Crippen molar-refractivity contribution in [1.29, 1.82) is 0 Å². The summed E-state index contributed by atoms with van der Waals surface area (Å²) in [5, 5.41) is 7.49. The van der Waals surface area contributed by atoms with E-state index in [9.17, 15) is 4.79 Å². The zero-order chi connectivity index (χ0) is 26.1. The third kappa shape index (κ3) is 3.93. The molecule has 2 heterocycles. The summed E-state index contributed by atoms with van der Waals surface area (Å²) in [6.45, 7) is 2.11. The Labute approximate surface area is 234 Å². The highest BCUT2D eigenvalue weighted by atomic mass is 127. The van der Waals surface area contributed by atoms with Gasteiger partial charge in [0.15, 0.2) is 3.83 Å². The molecule has 0 saturated heterocycles. The van der Waals surface area contributed by atoms with Gasteiger partial charge in [-0.15, -0.1) is 0 Å². The lowest BCUT2D eigenvalue weighted by Crippen LogP contribution is -2.34. The van der Waals surface area contributed by atoms with Gasteiger partial charge in [0, 0.05) is 33.7 Å². The molecule has 0 saturated carbocycles. The third-order valence-corrected chi connectivity index (χ3v) is 7.63. The second kappa shape index (κ2) is 10.1. The smallest absolute Gasteiger partial charge is 0.356 e. The number of ether oxygens (including phenoxy) is 1. The standard InChI is InChI=1S/C31H25IN4O2/c1-2-38-29(37)27-23-18-19-24-25(26(23)35-36-27)33-30(32)34-28(24)31(20-12-6-3-7-13-20,21-14-8-4-9-15-21)22-16-10-5-11-17-22/h3-17H,2,18-19H2,1H3,(H,35,36). The molecule has 6 rings (SSSR count). The highest BCUT2D eigenvalue weighted by Crippen LogP contribution is 2.48. The first-order valence-corrected chi connectivity index (χ1v) is 13.7. The number of esters is 1. The number of halogens is 1. The molecule has 0 unspecified atom stereocenters. The molecule has 7 heteroatoms. The van der Waals surface area contributed by atoms with E-state index in [1.54, 1.807) is 6.92 Å². The van der Waals surface area contributed by atoms with Crippen molar-refractivity contribution in [3.63, 3.8) is 0 Å². The Morgan fingerprint density at radius 2 is 1.34 bits per heavy atom. The fraction of sp³-hybridized carbons (Fsp3) is 0.161. The minimum absolute atomic E-state index is 0.307. The van der Waals surface area contributed by atoms with Crippen molar-refractivity contribution in [3.8, 4) is 11.4 Å². The summed E-state index contributed by atoms with van der Waals surface area (Å²) in [6.07, 6.45) is 1.31. The lowest BCUT2D eigenvalue weighted by atomic mass is 9.65. The quantitative estimate of drug-likeness (QED) is 0.108. The van der Waals surface area contributed by atoms with Gasteiger partial charge in [0.25, 0.3) is 0 Å². The number of rotatable bonds is 6. The molecule has 0 amide bonds. The van der Waals surface area contributed by atoms with Gasteiger partial charge >= 0.3 is 5.97 Å². The van der Waals surface area contributed by atoms with Crippen molar-refractivity contribution in [3.05, 3.63) is 134 Å². The topological polar surface area (TPSA) is 80.8 Å². The molecule has 0 fully saturated rings. The minimum Gasteiger partial charge on any atom is -0.461 e. The van der Waals surface area contributed by atoms with E-state index in [4.69, 9.17) is 14.7 Å². The molecule has 0 spiro atoms. The van der Waals surface area contributed by atoms with E-state index in [1.165, 1.54) is 0 Å². The van der Waals surface area contributed by atoms with Gasteiger partial charge in [-0.05, 0) is 36.5 Å². The first-order chi connectivity index (χ1) is 18.6. The van der Waals surface area contributed by atoms with Gasteiger partial charge in [0.2, 0.25) is 0 Å². The van der Waals surface area contributed by atoms with Gasteiger partial charge in [-0.2, -0.15) is 5.10 Å². The highest BCUT2D eigenvalue weighted by molar-refractivity contribution is 14.1. The Hall–Kier alpha value is -3.85. The normalized spacial score (nSPS) is 12.5. The van der Waals surface area contributed by atoms with Crippen molar-refractivity contribution in [2.45, 2.75) is 25.2 Å². The SMILES string of the molecule is CCOC(=O)c1[nH]nc2c1CCc1c-2nc(I)nc1C(c1ccccc1)(c1ccccc1)c1ccccc1. The summed E-state index contributed by atoms with van der Waals surface area (Å²) in [4.78, 5) is 22.7. The second-order valence-corrected chi connectivity index (χ2v) is 10.1. The zero-order valence-corrected chi connectivity index (χ0v) is 23.0. The van der Waals surface area contributed by atoms with Crippen LogP contribution in [0.25, 0.3) is 11.4 Å². The first-order valence-electron chi connectivity index (χ1n) is 12.6. The van der Waals surface area contributed by atoms with Crippen molar-refractivity contribution in [2.75, 3.05) is 6.61 Å². The summed E-state index contributed by atoms with van der Waals surface area (Å²) in [5.41, 5.74) is 7.35. The van der Waals surface area contributed by atoms with E-state index >= 15 is 0 Å². The van der Waals surface area contributed by atoms with Crippen LogP contribution in [0.15, 0.2) is 91.0 Å². The summed E-state index contributed by atoms with van der Waals surface area (Å²) in [7, 11) is 0. The Morgan fingerprint density at radius 3 is 1.87 bits per heavy atom. The lowest BCUT2D eigenvalue weighted by molar-refractivity contribution is 0.0518. The van der Waals surface area contributed by atoms with Crippen molar-refractivity contribution >= 4 is 28.6 Å². The average Bonchev–Trinajstić information content (AvgIpc) is 3.40. The van der Waals surface area contributed by atoms with E-state index in [1.807, 2.05) is 18.2 Å². The largest absolute Gasteiger partial charge is 0.461 e.